The predicted molar refractivity (Wildman–Crippen MR) is 65.9 cm³/mol. The SMILES string of the molecule is OC[C@@H]1OC[C@H](NCc2ccccc2)[C@@H](O)[C@@H]1O. The van der Waals surface area contributed by atoms with Crippen LogP contribution < -0.4 is 5.32 Å². The number of rotatable bonds is 4. The number of ether oxygens (including phenoxy) is 1. The van der Waals surface area contributed by atoms with Gasteiger partial charge in [-0.2, -0.15) is 0 Å². The van der Waals surface area contributed by atoms with Crippen LogP contribution in [0.3, 0.4) is 0 Å². The van der Waals surface area contributed by atoms with Crippen LogP contribution in [-0.2, 0) is 11.3 Å². The summed E-state index contributed by atoms with van der Waals surface area (Å²) in [7, 11) is 0. The summed E-state index contributed by atoms with van der Waals surface area (Å²) in [6.07, 6.45) is -2.69. The van der Waals surface area contributed by atoms with E-state index in [1.807, 2.05) is 30.3 Å². The molecule has 1 aliphatic rings. The Bertz CT molecular complexity index is 359. The molecule has 1 aromatic rings. The van der Waals surface area contributed by atoms with Crippen molar-refractivity contribution < 1.29 is 20.1 Å². The maximum atomic E-state index is 9.91. The monoisotopic (exact) mass is 253 g/mol. The molecule has 4 atom stereocenters. The lowest BCUT2D eigenvalue weighted by molar-refractivity contribution is -0.161. The smallest absolute Gasteiger partial charge is 0.110 e. The first-order valence-electron chi connectivity index (χ1n) is 6.08. The number of benzene rings is 1. The highest BCUT2D eigenvalue weighted by atomic mass is 16.5. The highest BCUT2D eigenvalue weighted by Gasteiger charge is 2.37. The van der Waals surface area contributed by atoms with Gasteiger partial charge in [0.1, 0.15) is 18.3 Å². The summed E-state index contributed by atoms with van der Waals surface area (Å²) in [5.74, 6) is 0. The Morgan fingerprint density at radius 1 is 1.17 bits per heavy atom. The van der Waals surface area contributed by atoms with Crippen molar-refractivity contribution in [3.63, 3.8) is 0 Å². The van der Waals surface area contributed by atoms with Crippen LogP contribution in [0.25, 0.3) is 0 Å². The molecule has 0 unspecified atom stereocenters. The zero-order valence-electron chi connectivity index (χ0n) is 10.1. The molecule has 1 fully saturated rings. The second-order valence-corrected chi connectivity index (χ2v) is 4.51. The largest absolute Gasteiger partial charge is 0.394 e. The predicted octanol–water partition coefficient (Wildman–Crippen LogP) is -0.742. The van der Waals surface area contributed by atoms with Gasteiger partial charge in [0.25, 0.3) is 0 Å². The van der Waals surface area contributed by atoms with Crippen LogP contribution >= 0.6 is 0 Å². The molecule has 0 amide bonds. The van der Waals surface area contributed by atoms with Crippen LogP contribution in [0.15, 0.2) is 30.3 Å². The molecule has 1 aromatic carbocycles. The first kappa shape index (κ1) is 13.5. The summed E-state index contributed by atoms with van der Waals surface area (Å²) in [6, 6.07) is 9.47. The number of aliphatic hydroxyl groups excluding tert-OH is 3. The molecule has 4 N–H and O–H groups in total. The quantitative estimate of drug-likeness (QED) is 0.568. The zero-order valence-corrected chi connectivity index (χ0v) is 10.1. The van der Waals surface area contributed by atoms with E-state index in [9.17, 15) is 10.2 Å². The molecule has 0 aromatic heterocycles. The Hall–Kier alpha value is -0.980. The normalized spacial score (nSPS) is 32.4. The van der Waals surface area contributed by atoms with E-state index >= 15 is 0 Å². The first-order valence-corrected chi connectivity index (χ1v) is 6.08. The number of nitrogens with one attached hydrogen (secondary N) is 1. The van der Waals surface area contributed by atoms with E-state index in [0.717, 1.165) is 5.56 Å². The van der Waals surface area contributed by atoms with Crippen molar-refractivity contribution in [3.05, 3.63) is 35.9 Å². The van der Waals surface area contributed by atoms with Crippen LogP contribution in [0.4, 0.5) is 0 Å². The molecule has 5 heteroatoms. The Balaban J connectivity index is 1.87. The molecular weight excluding hydrogens is 234 g/mol. The van der Waals surface area contributed by atoms with Crippen molar-refractivity contribution in [1.82, 2.24) is 5.32 Å². The molecule has 1 aliphatic heterocycles. The molecule has 0 aliphatic carbocycles. The lowest BCUT2D eigenvalue weighted by Crippen LogP contribution is -2.58. The fourth-order valence-electron chi connectivity index (χ4n) is 2.07. The third-order valence-corrected chi connectivity index (χ3v) is 3.22. The van der Waals surface area contributed by atoms with Crippen molar-refractivity contribution in [2.24, 2.45) is 0 Å². The highest BCUT2D eigenvalue weighted by molar-refractivity contribution is 5.14. The Morgan fingerprint density at radius 2 is 1.89 bits per heavy atom. The summed E-state index contributed by atoms with van der Waals surface area (Å²) in [6.45, 7) is 0.586. The average molecular weight is 253 g/mol. The van der Waals surface area contributed by atoms with Gasteiger partial charge < -0.3 is 25.4 Å². The summed E-state index contributed by atoms with van der Waals surface area (Å²) < 4.78 is 5.29. The molecule has 2 rings (SSSR count). The van der Waals surface area contributed by atoms with Gasteiger partial charge in [-0.05, 0) is 5.56 Å². The van der Waals surface area contributed by atoms with Gasteiger partial charge in [-0.3, -0.25) is 0 Å². The third-order valence-electron chi connectivity index (χ3n) is 3.22. The summed E-state index contributed by atoms with van der Waals surface area (Å²) in [5, 5.41) is 31.7. The average Bonchev–Trinajstić information content (AvgIpc) is 2.42. The minimum absolute atomic E-state index is 0.274. The standard InChI is InChI=1S/C13H19NO4/c15-7-11-13(17)12(16)10(8-18-11)14-6-9-4-2-1-3-5-9/h1-5,10-17H,6-8H2/t10-,11-,12+,13+/m0/s1. The van der Waals surface area contributed by atoms with Gasteiger partial charge in [-0.1, -0.05) is 30.3 Å². The maximum absolute atomic E-state index is 9.91. The molecule has 18 heavy (non-hydrogen) atoms. The van der Waals surface area contributed by atoms with E-state index in [1.165, 1.54) is 0 Å². The van der Waals surface area contributed by atoms with Gasteiger partial charge >= 0.3 is 0 Å². The van der Waals surface area contributed by atoms with E-state index in [4.69, 9.17) is 9.84 Å². The maximum Gasteiger partial charge on any atom is 0.110 e. The molecule has 100 valence electrons. The topological polar surface area (TPSA) is 82.0 Å². The second-order valence-electron chi connectivity index (χ2n) is 4.51. The number of hydrogen-bond acceptors (Lipinski definition) is 5. The zero-order chi connectivity index (χ0) is 13.0. The molecule has 0 saturated carbocycles. The Labute approximate surface area is 106 Å². The number of aliphatic hydroxyl groups is 3. The summed E-state index contributed by atoms with van der Waals surface area (Å²) >= 11 is 0. The molecule has 1 heterocycles. The lowest BCUT2D eigenvalue weighted by atomic mass is 9.98. The summed E-state index contributed by atoms with van der Waals surface area (Å²) in [5.41, 5.74) is 1.10. The van der Waals surface area contributed by atoms with Crippen LogP contribution in [0.5, 0.6) is 0 Å². The third kappa shape index (κ3) is 3.07. The van der Waals surface area contributed by atoms with Crippen LogP contribution in [0.2, 0.25) is 0 Å². The lowest BCUT2D eigenvalue weighted by Gasteiger charge is -2.37. The molecule has 1 saturated heterocycles. The van der Waals surface area contributed by atoms with Gasteiger partial charge in [0.2, 0.25) is 0 Å². The minimum Gasteiger partial charge on any atom is -0.394 e. The van der Waals surface area contributed by atoms with Crippen molar-refractivity contribution in [2.75, 3.05) is 13.2 Å². The van der Waals surface area contributed by atoms with Gasteiger partial charge in [0, 0.05) is 6.54 Å². The number of hydrogen-bond donors (Lipinski definition) is 4. The minimum atomic E-state index is -1.06. The second kappa shape index (κ2) is 6.26. The molecule has 0 radical (unpaired) electrons. The van der Waals surface area contributed by atoms with Gasteiger partial charge in [0.05, 0.1) is 19.3 Å². The molecule has 0 bridgehead atoms. The van der Waals surface area contributed by atoms with Crippen LogP contribution in [-0.4, -0.2) is 52.9 Å². The van der Waals surface area contributed by atoms with Gasteiger partial charge in [-0.25, -0.2) is 0 Å². The van der Waals surface area contributed by atoms with Crippen molar-refractivity contribution in [1.29, 1.82) is 0 Å². The van der Waals surface area contributed by atoms with Gasteiger partial charge in [0.15, 0.2) is 0 Å². The van der Waals surface area contributed by atoms with E-state index in [2.05, 4.69) is 5.32 Å². The van der Waals surface area contributed by atoms with E-state index in [0.29, 0.717) is 6.54 Å². The van der Waals surface area contributed by atoms with Crippen molar-refractivity contribution in [3.8, 4) is 0 Å². The Morgan fingerprint density at radius 3 is 2.56 bits per heavy atom. The summed E-state index contributed by atoms with van der Waals surface area (Å²) in [4.78, 5) is 0. The first-order chi connectivity index (χ1) is 8.72. The molecular formula is C13H19NO4. The van der Waals surface area contributed by atoms with E-state index in [1.54, 1.807) is 0 Å². The molecule has 0 spiro atoms. The van der Waals surface area contributed by atoms with Gasteiger partial charge in [-0.15, -0.1) is 0 Å². The van der Waals surface area contributed by atoms with Crippen LogP contribution in [0.1, 0.15) is 5.56 Å². The highest BCUT2D eigenvalue weighted by Crippen LogP contribution is 2.15. The van der Waals surface area contributed by atoms with Crippen molar-refractivity contribution in [2.45, 2.75) is 30.9 Å². The fourth-order valence-corrected chi connectivity index (χ4v) is 2.07. The fraction of sp³-hybridized carbons (Fsp3) is 0.538. The van der Waals surface area contributed by atoms with Crippen molar-refractivity contribution >= 4 is 0 Å². The molecule has 5 nitrogen and oxygen atoms in total. The van der Waals surface area contributed by atoms with E-state index in [-0.39, 0.29) is 19.3 Å². The Kier molecular flexibility index (Phi) is 4.68. The van der Waals surface area contributed by atoms with Crippen LogP contribution in [0, 0.1) is 0 Å². The van der Waals surface area contributed by atoms with E-state index < -0.39 is 18.3 Å².